The Morgan fingerprint density at radius 2 is 1.88 bits per heavy atom. The van der Waals surface area contributed by atoms with Gasteiger partial charge in [0.25, 0.3) is 0 Å². The fraction of sp³-hybridized carbons (Fsp3) is 0.625. The summed E-state index contributed by atoms with van der Waals surface area (Å²) in [6, 6.07) is 1.79. The maximum absolute atomic E-state index is 14.5. The molecule has 1 saturated heterocycles. The molecule has 4 aliphatic rings. The van der Waals surface area contributed by atoms with E-state index in [-0.39, 0.29) is 30.6 Å². The van der Waals surface area contributed by atoms with E-state index in [1.165, 1.54) is 7.11 Å². The number of hydrogen-bond donors (Lipinski definition) is 1. The first-order valence-electron chi connectivity index (χ1n) is 14.3. The Labute approximate surface area is 240 Å². The highest BCUT2D eigenvalue weighted by atomic mass is 16.6. The van der Waals surface area contributed by atoms with E-state index >= 15 is 0 Å². The molecule has 1 aromatic rings. The smallest absolute Gasteiger partial charge is 0.333 e. The van der Waals surface area contributed by atoms with Crippen LogP contribution in [0.2, 0.25) is 0 Å². The highest BCUT2D eigenvalue weighted by Crippen LogP contribution is 2.69. The monoisotopic (exact) mass is 568 g/mol. The van der Waals surface area contributed by atoms with Crippen molar-refractivity contribution in [2.24, 2.45) is 34.0 Å². The number of Topliss-reactive ketones (excluding diaryl/α,β-unsaturated/α-hetero) is 1. The lowest BCUT2D eigenvalue weighted by Gasteiger charge is -2.65. The van der Waals surface area contributed by atoms with E-state index in [0.29, 0.717) is 18.4 Å². The minimum absolute atomic E-state index is 0.0841. The van der Waals surface area contributed by atoms with Crippen molar-refractivity contribution in [1.29, 1.82) is 0 Å². The molecule has 1 aromatic heterocycles. The third-order valence-corrected chi connectivity index (χ3v) is 10.9. The first-order valence-corrected chi connectivity index (χ1v) is 14.3. The van der Waals surface area contributed by atoms with Crippen molar-refractivity contribution >= 4 is 23.7 Å². The number of hydrogen-bond acceptors (Lipinski definition) is 9. The summed E-state index contributed by atoms with van der Waals surface area (Å²) in [5.41, 5.74) is -3.03. The molecule has 3 fully saturated rings. The Morgan fingerprint density at radius 1 is 1.17 bits per heavy atom. The summed E-state index contributed by atoms with van der Waals surface area (Å²) < 4.78 is 22.2. The molecule has 0 spiro atoms. The van der Waals surface area contributed by atoms with Gasteiger partial charge in [-0.25, -0.2) is 4.79 Å². The number of fused-ring (bicyclic) bond motifs is 6. The Hall–Kier alpha value is -3.20. The van der Waals surface area contributed by atoms with Crippen LogP contribution in [0.4, 0.5) is 0 Å². The van der Waals surface area contributed by atoms with Gasteiger partial charge < -0.3 is 23.7 Å². The third-order valence-electron chi connectivity index (χ3n) is 10.9. The maximum Gasteiger partial charge on any atom is 0.333 e. The standard InChI is InChI=1S/C32H40O9/c1-8-17(2)26(35)41-28-29(3,4)22(14-23(33)38-7)31(6)20-9-11-30(5)21(19(20)15-32(28,37)27(31)36)13-24(34)40-25(30)18-10-12-39-16-18/h8,10,12,15-16,20-22,25,28,37H,9,11,13-14H2,1-7H3/b17-8+/t20?,21?,22-,25-,28-,30+,31+,32-/m0/s1. The van der Waals surface area contributed by atoms with Crippen LogP contribution in [0.5, 0.6) is 0 Å². The lowest BCUT2D eigenvalue weighted by atomic mass is 9.39. The van der Waals surface area contributed by atoms with Crippen molar-refractivity contribution in [2.45, 2.75) is 85.0 Å². The number of rotatable bonds is 5. The minimum atomic E-state index is -2.16. The number of ether oxygens (including phenoxy) is 3. The zero-order valence-electron chi connectivity index (χ0n) is 24.8. The molecule has 41 heavy (non-hydrogen) atoms. The van der Waals surface area contributed by atoms with Crippen molar-refractivity contribution in [3.8, 4) is 0 Å². The number of esters is 3. The molecule has 2 saturated carbocycles. The quantitative estimate of drug-likeness (QED) is 0.234. The van der Waals surface area contributed by atoms with Gasteiger partial charge in [0.2, 0.25) is 0 Å². The average molecular weight is 569 g/mol. The van der Waals surface area contributed by atoms with Crippen LogP contribution < -0.4 is 0 Å². The number of cyclic esters (lactones) is 1. The average Bonchev–Trinajstić information content (AvgIpc) is 3.46. The first kappa shape index (κ1) is 29.3. The molecule has 5 rings (SSSR count). The van der Waals surface area contributed by atoms with E-state index in [0.717, 1.165) is 11.1 Å². The van der Waals surface area contributed by atoms with Gasteiger partial charge in [0, 0.05) is 33.8 Å². The van der Waals surface area contributed by atoms with Crippen LogP contribution in [-0.4, -0.2) is 47.6 Å². The molecular weight excluding hydrogens is 528 g/mol. The first-order chi connectivity index (χ1) is 19.2. The van der Waals surface area contributed by atoms with Gasteiger partial charge in [-0.3, -0.25) is 14.4 Å². The third kappa shape index (κ3) is 4.06. The highest BCUT2D eigenvalue weighted by Gasteiger charge is 2.73. The van der Waals surface area contributed by atoms with Crippen LogP contribution in [0.25, 0.3) is 0 Å². The summed E-state index contributed by atoms with van der Waals surface area (Å²) in [6.07, 6.45) is 5.67. The van der Waals surface area contributed by atoms with Crippen LogP contribution in [0.3, 0.4) is 0 Å². The van der Waals surface area contributed by atoms with Gasteiger partial charge in [-0.1, -0.05) is 39.3 Å². The van der Waals surface area contributed by atoms with Gasteiger partial charge >= 0.3 is 17.9 Å². The van der Waals surface area contributed by atoms with Crippen molar-refractivity contribution in [3.05, 3.63) is 47.5 Å². The normalized spacial score (nSPS) is 39.6. The molecule has 9 nitrogen and oxygen atoms in total. The van der Waals surface area contributed by atoms with Crippen molar-refractivity contribution in [2.75, 3.05) is 7.11 Å². The molecule has 1 N–H and O–H groups in total. The highest BCUT2D eigenvalue weighted by molar-refractivity contribution is 5.99. The molecule has 0 radical (unpaired) electrons. The fourth-order valence-electron chi connectivity index (χ4n) is 8.60. The van der Waals surface area contributed by atoms with E-state index in [4.69, 9.17) is 18.6 Å². The molecule has 1 aliphatic heterocycles. The number of aliphatic hydroxyl groups is 1. The second-order valence-electron chi connectivity index (χ2n) is 13.3. The number of methoxy groups -OCH3 is 1. The summed E-state index contributed by atoms with van der Waals surface area (Å²) >= 11 is 0. The van der Waals surface area contributed by atoms with Crippen LogP contribution in [0, 0.1) is 34.0 Å². The fourth-order valence-corrected chi connectivity index (χ4v) is 8.60. The van der Waals surface area contributed by atoms with E-state index < -0.39 is 57.7 Å². The Bertz CT molecular complexity index is 1340. The Kier molecular flexibility index (Phi) is 6.92. The number of carbonyl (C=O) groups is 4. The molecule has 2 unspecified atom stereocenters. The molecular formula is C32H40O9. The molecule has 222 valence electrons. The van der Waals surface area contributed by atoms with E-state index in [1.54, 1.807) is 44.6 Å². The second-order valence-corrected chi connectivity index (χ2v) is 13.3. The summed E-state index contributed by atoms with van der Waals surface area (Å²) in [5, 5.41) is 12.4. The van der Waals surface area contributed by atoms with Gasteiger partial charge in [0.05, 0.1) is 26.1 Å². The lowest BCUT2D eigenvalue weighted by Crippen LogP contribution is -2.74. The van der Waals surface area contributed by atoms with Gasteiger partial charge in [-0.05, 0) is 56.6 Å². The van der Waals surface area contributed by atoms with Crippen LogP contribution in [0.1, 0.15) is 78.9 Å². The summed E-state index contributed by atoms with van der Waals surface area (Å²) in [5.74, 6) is -3.31. The van der Waals surface area contributed by atoms with E-state index in [2.05, 4.69) is 6.92 Å². The lowest BCUT2D eigenvalue weighted by molar-refractivity contribution is -0.223. The molecule has 0 amide bonds. The number of carbonyl (C=O) groups excluding carboxylic acids is 4. The van der Waals surface area contributed by atoms with Crippen LogP contribution in [-0.2, 0) is 33.4 Å². The summed E-state index contributed by atoms with van der Waals surface area (Å²) in [6.45, 7) is 10.9. The minimum Gasteiger partial charge on any atom is -0.472 e. The van der Waals surface area contributed by atoms with Crippen molar-refractivity contribution in [1.82, 2.24) is 0 Å². The molecule has 0 aromatic carbocycles. The number of allylic oxidation sites excluding steroid dienone is 2. The van der Waals surface area contributed by atoms with E-state index in [1.807, 2.05) is 20.8 Å². The predicted octanol–water partition coefficient (Wildman–Crippen LogP) is 4.64. The van der Waals surface area contributed by atoms with Gasteiger partial charge in [0.1, 0.15) is 12.2 Å². The topological polar surface area (TPSA) is 129 Å². The zero-order chi connectivity index (χ0) is 30.1. The van der Waals surface area contributed by atoms with Crippen LogP contribution in [0.15, 0.2) is 46.3 Å². The SMILES string of the molecule is C/C=C(\C)C(=O)O[C@H]1C(C)(C)[C@H](CC(=O)OC)[C@]2(C)C(=O)[C@@]1(O)C=C1C3CC(=O)O[C@@H](c4ccoc4)[C@]3(C)CCC12. The molecule has 9 heteroatoms. The second kappa shape index (κ2) is 9.68. The largest absolute Gasteiger partial charge is 0.472 e. The van der Waals surface area contributed by atoms with Crippen molar-refractivity contribution in [3.63, 3.8) is 0 Å². The predicted molar refractivity (Wildman–Crippen MR) is 146 cm³/mol. The zero-order valence-corrected chi connectivity index (χ0v) is 24.8. The van der Waals surface area contributed by atoms with E-state index in [9.17, 15) is 24.3 Å². The summed E-state index contributed by atoms with van der Waals surface area (Å²) in [4.78, 5) is 53.4. The number of ketones is 1. The van der Waals surface area contributed by atoms with Gasteiger partial charge in [0.15, 0.2) is 11.4 Å². The molecule has 3 aliphatic carbocycles. The van der Waals surface area contributed by atoms with Gasteiger partial charge in [-0.2, -0.15) is 0 Å². The molecule has 2 heterocycles. The summed E-state index contributed by atoms with van der Waals surface area (Å²) in [7, 11) is 1.30. The van der Waals surface area contributed by atoms with Gasteiger partial charge in [-0.15, -0.1) is 0 Å². The maximum atomic E-state index is 14.5. The molecule has 8 atom stereocenters. The van der Waals surface area contributed by atoms with Crippen molar-refractivity contribution < 1.29 is 42.9 Å². The Morgan fingerprint density at radius 3 is 2.49 bits per heavy atom. The molecule has 2 bridgehead atoms. The number of furan rings is 1. The Balaban J connectivity index is 1.71. The van der Waals surface area contributed by atoms with Crippen LogP contribution >= 0.6 is 0 Å².